The van der Waals surface area contributed by atoms with Gasteiger partial charge in [-0.05, 0) is 12.0 Å². The van der Waals surface area contributed by atoms with Crippen molar-refractivity contribution in [2.24, 2.45) is 0 Å². The van der Waals surface area contributed by atoms with Gasteiger partial charge in [-0.1, -0.05) is 37.3 Å². The average molecular weight is 234 g/mol. The van der Waals surface area contributed by atoms with E-state index in [0.29, 0.717) is 19.8 Å². The largest absolute Gasteiger partial charge is 0.351 e. The Hall–Kier alpha value is -1.55. The highest BCUT2D eigenvalue weighted by Crippen LogP contribution is 2.23. The summed E-state index contributed by atoms with van der Waals surface area (Å²) < 4.78 is 5.62. The van der Waals surface area contributed by atoms with Gasteiger partial charge in [0.05, 0.1) is 6.54 Å². The number of ether oxygens (including phenoxy) is 1. The van der Waals surface area contributed by atoms with Crippen molar-refractivity contribution in [3.05, 3.63) is 35.9 Å². The third kappa shape index (κ3) is 2.97. The van der Waals surface area contributed by atoms with Crippen molar-refractivity contribution < 1.29 is 9.53 Å². The summed E-state index contributed by atoms with van der Waals surface area (Å²) in [5.74, 6) is 0. The SMILES string of the molecule is CCCNC(=O)N1COC(c2ccccc2)C1. The van der Waals surface area contributed by atoms with Gasteiger partial charge in [0.1, 0.15) is 12.8 Å². The lowest BCUT2D eigenvalue weighted by atomic mass is 10.1. The molecule has 1 saturated heterocycles. The zero-order valence-corrected chi connectivity index (χ0v) is 10.1. The molecule has 1 aliphatic rings. The smallest absolute Gasteiger partial charge is 0.319 e. The van der Waals surface area contributed by atoms with E-state index in [9.17, 15) is 4.79 Å². The van der Waals surface area contributed by atoms with Gasteiger partial charge >= 0.3 is 6.03 Å². The molecule has 4 nitrogen and oxygen atoms in total. The Labute approximate surface area is 102 Å². The minimum Gasteiger partial charge on any atom is -0.351 e. The molecular weight excluding hydrogens is 216 g/mol. The summed E-state index contributed by atoms with van der Waals surface area (Å²) in [6.45, 7) is 3.74. The van der Waals surface area contributed by atoms with Gasteiger partial charge < -0.3 is 10.1 Å². The van der Waals surface area contributed by atoms with Crippen molar-refractivity contribution in [2.45, 2.75) is 19.4 Å². The van der Waals surface area contributed by atoms with Crippen LogP contribution >= 0.6 is 0 Å². The van der Waals surface area contributed by atoms with E-state index in [2.05, 4.69) is 5.32 Å². The number of carbonyl (C=O) groups excluding carboxylic acids is 1. The van der Waals surface area contributed by atoms with Crippen LogP contribution in [0, 0.1) is 0 Å². The Balaban J connectivity index is 1.89. The van der Waals surface area contributed by atoms with Gasteiger partial charge in [-0.15, -0.1) is 0 Å². The Kier molecular flexibility index (Phi) is 3.98. The third-order valence-electron chi connectivity index (χ3n) is 2.80. The van der Waals surface area contributed by atoms with Crippen LogP contribution < -0.4 is 5.32 Å². The second kappa shape index (κ2) is 5.68. The van der Waals surface area contributed by atoms with Gasteiger partial charge in [0.25, 0.3) is 0 Å². The van der Waals surface area contributed by atoms with E-state index >= 15 is 0 Å². The standard InChI is InChI=1S/C13H18N2O2/c1-2-8-14-13(16)15-9-12(17-10-15)11-6-4-3-5-7-11/h3-7,12H,2,8-10H2,1H3,(H,14,16). The van der Waals surface area contributed by atoms with E-state index in [1.165, 1.54) is 0 Å². The molecule has 2 rings (SSSR count). The molecule has 0 saturated carbocycles. The number of hydrogen-bond acceptors (Lipinski definition) is 2. The maximum atomic E-state index is 11.7. The molecule has 17 heavy (non-hydrogen) atoms. The van der Waals surface area contributed by atoms with Crippen LogP contribution in [0.2, 0.25) is 0 Å². The second-order valence-electron chi connectivity index (χ2n) is 4.15. The lowest BCUT2D eigenvalue weighted by molar-refractivity contribution is 0.0952. The number of nitrogens with zero attached hydrogens (tertiary/aromatic N) is 1. The van der Waals surface area contributed by atoms with E-state index in [4.69, 9.17) is 4.74 Å². The molecular formula is C13H18N2O2. The molecule has 1 heterocycles. The molecule has 2 amide bonds. The minimum absolute atomic E-state index is 0.00331. The lowest BCUT2D eigenvalue weighted by Crippen LogP contribution is -2.38. The van der Waals surface area contributed by atoms with Crippen molar-refractivity contribution in [1.29, 1.82) is 0 Å². The number of hydrogen-bond donors (Lipinski definition) is 1. The maximum Gasteiger partial charge on any atom is 0.319 e. The number of nitrogens with one attached hydrogen (secondary N) is 1. The fraction of sp³-hybridized carbons (Fsp3) is 0.462. The molecule has 92 valence electrons. The van der Waals surface area contributed by atoms with Crippen LogP contribution in [0.25, 0.3) is 0 Å². The molecule has 0 aromatic heterocycles. The molecule has 1 aliphatic heterocycles. The first kappa shape index (κ1) is 11.9. The summed E-state index contributed by atoms with van der Waals surface area (Å²) in [4.78, 5) is 13.4. The van der Waals surface area contributed by atoms with E-state index in [1.807, 2.05) is 37.3 Å². The van der Waals surface area contributed by atoms with E-state index in [1.54, 1.807) is 4.90 Å². The second-order valence-corrected chi connectivity index (χ2v) is 4.15. The zero-order valence-electron chi connectivity index (χ0n) is 10.1. The Morgan fingerprint density at radius 1 is 1.47 bits per heavy atom. The first-order chi connectivity index (χ1) is 8.31. The summed E-state index contributed by atoms with van der Waals surface area (Å²) in [7, 11) is 0. The summed E-state index contributed by atoms with van der Waals surface area (Å²) in [6.07, 6.45) is 0.950. The van der Waals surface area contributed by atoms with E-state index < -0.39 is 0 Å². The molecule has 1 aromatic rings. The molecule has 1 unspecified atom stereocenters. The molecule has 0 aliphatic carbocycles. The van der Waals surface area contributed by atoms with Crippen LogP contribution in [0.3, 0.4) is 0 Å². The van der Waals surface area contributed by atoms with Gasteiger partial charge in [0, 0.05) is 6.54 Å². The van der Waals surface area contributed by atoms with E-state index in [0.717, 1.165) is 12.0 Å². The molecule has 1 N–H and O–H groups in total. The fourth-order valence-corrected chi connectivity index (χ4v) is 1.84. The predicted molar refractivity (Wildman–Crippen MR) is 65.5 cm³/mol. The molecule has 1 atom stereocenters. The van der Waals surface area contributed by atoms with E-state index in [-0.39, 0.29) is 12.1 Å². The average Bonchev–Trinajstić information content (AvgIpc) is 2.86. The van der Waals surface area contributed by atoms with Crippen LogP contribution in [0.15, 0.2) is 30.3 Å². The highest BCUT2D eigenvalue weighted by atomic mass is 16.5. The van der Waals surface area contributed by atoms with Crippen molar-refractivity contribution in [1.82, 2.24) is 10.2 Å². The number of urea groups is 1. The summed E-state index contributed by atoms with van der Waals surface area (Å²) >= 11 is 0. The van der Waals surface area contributed by atoms with Crippen LogP contribution in [0.1, 0.15) is 25.0 Å². The molecule has 4 heteroatoms. The first-order valence-corrected chi connectivity index (χ1v) is 6.00. The maximum absolute atomic E-state index is 11.7. The van der Waals surface area contributed by atoms with Crippen molar-refractivity contribution in [3.8, 4) is 0 Å². The summed E-state index contributed by atoms with van der Waals surface area (Å²) in [6, 6.07) is 9.96. The minimum atomic E-state index is -0.0368. The van der Waals surface area contributed by atoms with Crippen LogP contribution in [0.5, 0.6) is 0 Å². The van der Waals surface area contributed by atoms with Crippen molar-refractivity contribution in [3.63, 3.8) is 0 Å². The Bertz CT molecular complexity index is 367. The van der Waals surface area contributed by atoms with Crippen LogP contribution in [-0.2, 0) is 4.74 Å². The number of carbonyl (C=O) groups is 1. The topological polar surface area (TPSA) is 41.6 Å². The molecule has 0 bridgehead atoms. The molecule has 1 fully saturated rings. The number of benzene rings is 1. The highest BCUT2D eigenvalue weighted by molar-refractivity contribution is 5.74. The Morgan fingerprint density at radius 3 is 2.94 bits per heavy atom. The monoisotopic (exact) mass is 234 g/mol. The molecule has 0 spiro atoms. The third-order valence-corrected chi connectivity index (χ3v) is 2.80. The van der Waals surface area contributed by atoms with Gasteiger partial charge in [-0.25, -0.2) is 4.79 Å². The highest BCUT2D eigenvalue weighted by Gasteiger charge is 2.27. The van der Waals surface area contributed by atoms with Gasteiger partial charge in [0.15, 0.2) is 0 Å². The van der Waals surface area contributed by atoms with Crippen molar-refractivity contribution >= 4 is 6.03 Å². The summed E-state index contributed by atoms with van der Waals surface area (Å²) in [5.41, 5.74) is 1.12. The molecule has 1 aromatic carbocycles. The Morgan fingerprint density at radius 2 is 2.24 bits per heavy atom. The molecule has 0 radical (unpaired) electrons. The number of rotatable bonds is 3. The summed E-state index contributed by atoms with van der Waals surface area (Å²) in [5, 5.41) is 2.85. The van der Waals surface area contributed by atoms with Gasteiger partial charge in [-0.2, -0.15) is 0 Å². The quantitative estimate of drug-likeness (QED) is 0.870. The van der Waals surface area contributed by atoms with Gasteiger partial charge in [-0.3, -0.25) is 4.90 Å². The lowest BCUT2D eigenvalue weighted by Gasteiger charge is -2.14. The fourth-order valence-electron chi connectivity index (χ4n) is 1.84. The number of amides is 2. The first-order valence-electron chi connectivity index (χ1n) is 6.00. The van der Waals surface area contributed by atoms with Gasteiger partial charge in [0.2, 0.25) is 0 Å². The van der Waals surface area contributed by atoms with Crippen molar-refractivity contribution in [2.75, 3.05) is 19.8 Å². The van der Waals surface area contributed by atoms with Crippen LogP contribution in [-0.4, -0.2) is 30.8 Å². The predicted octanol–water partition coefficient (Wildman–Crippen LogP) is 2.14. The zero-order chi connectivity index (χ0) is 12.1. The normalized spacial score (nSPS) is 19.4. The van der Waals surface area contributed by atoms with Crippen LogP contribution in [0.4, 0.5) is 4.79 Å².